The molecule has 0 amide bonds. The van der Waals surface area contributed by atoms with Crippen LogP contribution in [0.15, 0.2) is 35.7 Å². The Balaban J connectivity index is 1.95. The van der Waals surface area contributed by atoms with Gasteiger partial charge in [0.2, 0.25) is 0 Å². The third-order valence-electron chi connectivity index (χ3n) is 3.50. The number of aryl methyl sites for hydroxylation is 2. The van der Waals surface area contributed by atoms with Crippen molar-refractivity contribution in [1.82, 2.24) is 10.3 Å². The first-order valence-corrected chi connectivity index (χ1v) is 8.34. The van der Waals surface area contributed by atoms with Gasteiger partial charge in [0.05, 0.1) is 10.7 Å². The molecular formula is C17H24N2S. The van der Waals surface area contributed by atoms with E-state index >= 15 is 0 Å². The van der Waals surface area contributed by atoms with E-state index in [-0.39, 0.29) is 0 Å². The van der Waals surface area contributed by atoms with Gasteiger partial charge in [0.1, 0.15) is 0 Å². The summed E-state index contributed by atoms with van der Waals surface area (Å²) in [5.41, 5.74) is 2.67. The largest absolute Gasteiger partial charge is 0.316 e. The van der Waals surface area contributed by atoms with E-state index in [2.05, 4.69) is 59.9 Å². The smallest absolute Gasteiger partial charge is 0.0897 e. The van der Waals surface area contributed by atoms with Crippen molar-refractivity contribution in [2.75, 3.05) is 13.1 Å². The van der Waals surface area contributed by atoms with Gasteiger partial charge in [-0.2, -0.15) is 0 Å². The van der Waals surface area contributed by atoms with Crippen LogP contribution in [0.5, 0.6) is 0 Å². The molecule has 0 aliphatic carbocycles. The van der Waals surface area contributed by atoms with Crippen molar-refractivity contribution in [1.29, 1.82) is 0 Å². The zero-order valence-electron chi connectivity index (χ0n) is 12.4. The van der Waals surface area contributed by atoms with Crippen molar-refractivity contribution >= 4 is 11.3 Å². The van der Waals surface area contributed by atoms with Crippen molar-refractivity contribution in [2.45, 2.75) is 39.0 Å². The van der Waals surface area contributed by atoms with Gasteiger partial charge in [-0.25, -0.2) is 4.98 Å². The lowest BCUT2D eigenvalue weighted by molar-refractivity contribution is 0.546. The minimum absolute atomic E-state index is 0.574. The molecule has 3 heteroatoms. The lowest BCUT2D eigenvalue weighted by atomic mass is 9.93. The van der Waals surface area contributed by atoms with E-state index in [1.165, 1.54) is 22.7 Å². The number of nitrogens with zero attached hydrogens (tertiary/aromatic N) is 1. The van der Waals surface area contributed by atoms with Crippen molar-refractivity contribution in [3.8, 4) is 0 Å². The van der Waals surface area contributed by atoms with Gasteiger partial charge in [-0.05, 0) is 44.2 Å². The Bertz CT molecular complexity index is 493. The van der Waals surface area contributed by atoms with Crippen molar-refractivity contribution in [3.63, 3.8) is 0 Å². The van der Waals surface area contributed by atoms with E-state index in [9.17, 15) is 0 Å². The molecule has 0 fully saturated rings. The average Bonchev–Trinajstić information content (AvgIpc) is 2.89. The van der Waals surface area contributed by atoms with E-state index in [0.717, 1.165) is 25.9 Å². The number of benzene rings is 1. The van der Waals surface area contributed by atoms with Crippen molar-refractivity contribution < 1.29 is 0 Å². The summed E-state index contributed by atoms with van der Waals surface area (Å²) in [7, 11) is 0. The second-order valence-corrected chi connectivity index (χ2v) is 6.27. The molecule has 1 aromatic heterocycles. The molecule has 0 spiro atoms. The highest BCUT2D eigenvalue weighted by molar-refractivity contribution is 7.09. The second-order valence-electron chi connectivity index (χ2n) is 5.21. The highest BCUT2D eigenvalue weighted by Crippen LogP contribution is 2.21. The molecule has 1 aromatic carbocycles. The summed E-state index contributed by atoms with van der Waals surface area (Å²) in [5, 5.41) is 6.92. The molecule has 108 valence electrons. The van der Waals surface area contributed by atoms with Crippen molar-refractivity contribution in [3.05, 3.63) is 52.0 Å². The van der Waals surface area contributed by atoms with E-state index in [1.807, 2.05) is 0 Å². The normalized spacial score (nSPS) is 12.5. The maximum Gasteiger partial charge on any atom is 0.0897 e. The number of nitrogens with one attached hydrogen (secondary N) is 1. The first-order chi connectivity index (χ1) is 9.79. The Hall–Kier alpha value is -1.19. The standard InChI is InChI=1S/C17H24N2S/c1-3-11-18-12-16(15-7-5-4-6-8-15)9-10-17-13-20-14(2)19-17/h4-8,13,16,18H,3,9-12H2,1-2H3. The van der Waals surface area contributed by atoms with Gasteiger partial charge in [0, 0.05) is 11.9 Å². The number of hydrogen-bond donors (Lipinski definition) is 1. The summed E-state index contributed by atoms with van der Waals surface area (Å²) < 4.78 is 0. The Morgan fingerprint density at radius 3 is 2.70 bits per heavy atom. The van der Waals surface area contributed by atoms with Crippen LogP contribution in [0.2, 0.25) is 0 Å². The number of hydrogen-bond acceptors (Lipinski definition) is 3. The summed E-state index contributed by atoms with van der Waals surface area (Å²) in [6.07, 6.45) is 3.41. The molecule has 2 nitrogen and oxygen atoms in total. The summed E-state index contributed by atoms with van der Waals surface area (Å²) in [6.45, 7) is 6.44. The molecule has 2 rings (SSSR count). The van der Waals surface area contributed by atoms with Crippen LogP contribution >= 0.6 is 11.3 Å². The highest BCUT2D eigenvalue weighted by atomic mass is 32.1. The Morgan fingerprint density at radius 2 is 2.05 bits per heavy atom. The zero-order chi connectivity index (χ0) is 14.2. The molecule has 0 aliphatic rings. The summed E-state index contributed by atoms with van der Waals surface area (Å²) in [5.74, 6) is 0.574. The number of rotatable bonds is 8. The highest BCUT2D eigenvalue weighted by Gasteiger charge is 2.12. The molecule has 0 bridgehead atoms. The molecule has 1 heterocycles. The quantitative estimate of drug-likeness (QED) is 0.738. The van der Waals surface area contributed by atoms with E-state index < -0.39 is 0 Å². The second kappa shape index (κ2) is 8.18. The lowest BCUT2D eigenvalue weighted by Gasteiger charge is -2.17. The van der Waals surface area contributed by atoms with Crippen molar-refractivity contribution in [2.24, 2.45) is 0 Å². The van der Waals surface area contributed by atoms with E-state index in [0.29, 0.717) is 5.92 Å². The van der Waals surface area contributed by atoms with Gasteiger partial charge in [0.15, 0.2) is 0 Å². The molecule has 0 saturated carbocycles. The molecule has 0 radical (unpaired) electrons. The molecule has 2 aromatic rings. The minimum Gasteiger partial charge on any atom is -0.316 e. The zero-order valence-corrected chi connectivity index (χ0v) is 13.2. The predicted octanol–water partition coefficient (Wildman–Crippen LogP) is 4.17. The molecule has 0 saturated heterocycles. The molecule has 0 aliphatic heterocycles. The Labute approximate surface area is 126 Å². The molecular weight excluding hydrogens is 264 g/mol. The monoisotopic (exact) mass is 288 g/mol. The van der Waals surface area contributed by atoms with E-state index in [4.69, 9.17) is 0 Å². The van der Waals surface area contributed by atoms with Gasteiger partial charge < -0.3 is 5.32 Å². The van der Waals surface area contributed by atoms with Crippen LogP contribution in [0.3, 0.4) is 0 Å². The number of thiazole rings is 1. The summed E-state index contributed by atoms with van der Waals surface area (Å²) >= 11 is 1.75. The van der Waals surface area contributed by atoms with Crippen LogP contribution < -0.4 is 5.32 Å². The van der Waals surface area contributed by atoms with Gasteiger partial charge in [-0.1, -0.05) is 37.3 Å². The fraction of sp³-hybridized carbons (Fsp3) is 0.471. The fourth-order valence-electron chi connectivity index (χ4n) is 2.41. The topological polar surface area (TPSA) is 24.9 Å². The van der Waals surface area contributed by atoms with Gasteiger partial charge in [-0.15, -0.1) is 11.3 Å². The van der Waals surface area contributed by atoms with Gasteiger partial charge in [0.25, 0.3) is 0 Å². The fourth-order valence-corrected chi connectivity index (χ4v) is 3.06. The van der Waals surface area contributed by atoms with Crippen LogP contribution in [0, 0.1) is 6.92 Å². The van der Waals surface area contributed by atoms with Crippen LogP contribution in [0.1, 0.15) is 41.9 Å². The summed E-state index contributed by atoms with van der Waals surface area (Å²) in [6, 6.07) is 10.8. The molecule has 1 unspecified atom stereocenters. The van der Waals surface area contributed by atoms with Crippen LogP contribution in [-0.4, -0.2) is 18.1 Å². The predicted molar refractivity (Wildman–Crippen MR) is 87.5 cm³/mol. The summed E-state index contributed by atoms with van der Waals surface area (Å²) in [4.78, 5) is 4.57. The lowest BCUT2D eigenvalue weighted by Crippen LogP contribution is -2.22. The first kappa shape index (κ1) is 15.2. The molecule has 1 atom stereocenters. The average molecular weight is 288 g/mol. The maximum absolute atomic E-state index is 4.57. The van der Waals surface area contributed by atoms with Gasteiger partial charge in [-0.3, -0.25) is 0 Å². The third-order valence-corrected chi connectivity index (χ3v) is 4.33. The third kappa shape index (κ3) is 4.73. The van der Waals surface area contributed by atoms with E-state index in [1.54, 1.807) is 11.3 Å². The SMILES string of the molecule is CCCNCC(CCc1csc(C)n1)c1ccccc1. The Morgan fingerprint density at radius 1 is 1.25 bits per heavy atom. The molecule has 20 heavy (non-hydrogen) atoms. The minimum atomic E-state index is 0.574. The number of aromatic nitrogens is 1. The Kier molecular flexibility index (Phi) is 6.22. The molecule has 1 N–H and O–H groups in total. The van der Waals surface area contributed by atoms with Crippen LogP contribution in [0.25, 0.3) is 0 Å². The van der Waals surface area contributed by atoms with Crippen LogP contribution in [-0.2, 0) is 6.42 Å². The first-order valence-electron chi connectivity index (χ1n) is 7.46. The van der Waals surface area contributed by atoms with Gasteiger partial charge >= 0.3 is 0 Å². The van der Waals surface area contributed by atoms with Crippen LogP contribution in [0.4, 0.5) is 0 Å². The maximum atomic E-state index is 4.57.